The van der Waals surface area contributed by atoms with E-state index in [2.05, 4.69) is 10.1 Å². The van der Waals surface area contributed by atoms with Crippen molar-refractivity contribution in [3.05, 3.63) is 18.2 Å². The third-order valence-electron chi connectivity index (χ3n) is 8.14. The van der Waals surface area contributed by atoms with Gasteiger partial charge in [-0.15, -0.1) is 0 Å². The Bertz CT molecular complexity index is 971. The van der Waals surface area contributed by atoms with Gasteiger partial charge in [-0.05, 0) is 80.7 Å². The summed E-state index contributed by atoms with van der Waals surface area (Å²) in [6.07, 6.45) is 8.60. The number of nitrogens with zero attached hydrogens (tertiary/aromatic N) is 2. The van der Waals surface area contributed by atoms with Crippen molar-refractivity contribution in [2.45, 2.75) is 51.4 Å². The number of rotatable bonds is 9. The second-order valence-corrected chi connectivity index (χ2v) is 10.5. The van der Waals surface area contributed by atoms with Crippen LogP contribution in [0, 0.1) is 17.3 Å². The zero-order valence-electron chi connectivity index (χ0n) is 20.8. The highest BCUT2D eigenvalue weighted by Crippen LogP contribution is 2.37. The minimum Gasteiger partial charge on any atom is -0.492 e. The molecule has 192 valence electrons. The van der Waals surface area contributed by atoms with Gasteiger partial charge in [-0.3, -0.25) is 4.79 Å². The van der Waals surface area contributed by atoms with Crippen LogP contribution in [0.1, 0.15) is 51.4 Å². The second-order valence-electron chi connectivity index (χ2n) is 10.5. The summed E-state index contributed by atoms with van der Waals surface area (Å²) in [5, 5.41) is 5.04. The van der Waals surface area contributed by atoms with Crippen LogP contribution in [0.25, 0.3) is 11.0 Å². The summed E-state index contributed by atoms with van der Waals surface area (Å²) in [5.41, 5.74) is 0.258. The average molecular weight is 487 g/mol. The Kier molecular flexibility index (Phi) is 7.78. The molecule has 1 aliphatic carbocycles. The highest BCUT2D eigenvalue weighted by Gasteiger charge is 2.43. The standard InChI is InChI=1S/C27H38N2O6/c1-31-26(30)27(11-15-32-16-12-27)19-29-13-9-21(10-14-29)18-34-25-24-22(7-4-8-23(24)35-28-25)33-17-20-5-2-3-6-20/h4,7-8,20-21H,2-3,5-6,9-19H2,1H3. The molecule has 1 saturated carbocycles. The molecular weight excluding hydrogens is 448 g/mol. The summed E-state index contributed by atoms with van der Waals surface area (Å²) >= 11 is 0. The van der Waals surface area contributed by atoms with Gasteiger partial charge >= 0.3 is 5.97 Å². The van der Waals surface area contributed by atoms with Crippen LogP contribution in [0.4, 0.5) is 0 Å². The molecule has 1 aromatic carbocycles. The molecule has 2 aliphatic heterocycles. The maximum absolute atomic E-state index is 12.6. The summed E-state index contributed by atoms with van der Waals surface area (Å²) < 4.78 is 28.6. The molecule has 2 saturated heterocycles. The van der Waals surface area contributed by atoms with Gasteiger partial charge in [0.15, 0.2) is 5.58 Å². The van der Waals surface area contributed by atoms with E-state index in [-0.39, 0.29) is 5.97 Å². The lowest BCUT2D eigenvalue weighted by atomic mass is 9.79. The van der Waals surface area contributed by atoms with Crippen LogP contribution in [0.3, 0.4) is 0 Å². The first-order valence-corrected chi connectivity index (χ1v) is 13.2. The number of benzene rings is 1. The summed E-state index contributed by atoms with van der Waals surface area (Å²) in [5.74, 6) is 2.30. The predicted molar refractivity (Wildman–Crippen MR) is 131 cm³/mol. The molecule has 1 aromatic heterocycles. The Morgan fingerprint density at radius 2 is 1.77 bits per heavy atom. The number of fused-ring (bicyclic) bond motifs is 1. The molecule has 0 atom stereocenters. The van der Waals surface area contributed by atoms with Crippen LogP contribution in [0.15, 0.2) is 22.7 Å². The van der Waals surface area contributed by atoms with Gasteiger partial charge in [-0.25, -0.2) is 0 Å². The van der Waals surface area contributed by atoms with E-state index in [1.165, 1.54) is 32.8 Å². The molecule has 8 heteroatoms. The van der Waals surface area contributed by atoms with Gasteiger partial charge in [0.2, 0.25) is 0 Å². The first kappa shape index (κ1) is 24.4. The maximum atomic E-state index is 12.6. The third-order valence-corrected chi connectivity index (χ3v) is 8.14. The third kappa shape index (κ3) is 5.59. The topological polar surface area (TPSA) is 83.3 Å². The minimum absolute atomic E-state index is 0.102. The van der Waals surface area contributed by atoms with Gasteiger partial charge in [0.1, 0.15) is 11.1 Å². The molecule has 3 heterocycles. The molecule has 8 nitrogen and oxygen atoms in total. The minimum atomic E-state index is -0.440. The number of piperidine rings is 1. The largest absolute Gasteiger partial charge is 0.492 e. The molecule has 0 spiro atoms. The molecular formula is C27H38N2O6. The van der Waals surface area contributed by atoms with Crippen molar-refractivity contribution >= 4 is 16.9 Å². The summed E-state index contributed by atoms with van der Waals surface area (Å²) in [7, 11) is 1.49. The lowest BCUT2D eigenvalue weighted by Gasteiger charge is -2.41. The van der Waals surface area contributed by atoms with Gasteiger partial charge in [-0.2, -0.15) is 0 Å². The zero-order valence-corrected chi connectivity index (χ0v) is 20.8. The molecule has 35 heavy (non-hydrogen) atoms. The van der Waals surface area contributed by atoms with E-state index in [1.54, 1.807) is 0 Å². The van der Waals surface area contributed by atoms with E-state index in [4.69, 9.17) is 23.5 Å². The van der Waals surface area contributed by atoms with Gasteiger partial charge < -0.3 is 28.4 Å². The molecule has 0 N–H and O–H groups in total. The van der Waals surface area contributed by atoms with Crippen molar-refractivity contribution in [2.75, 3.05) is 53.2 Å². The van der Waals surface area contributed by atoms with Crippen LogP contribution in [-0.2, 0) is 14.3 Å². The Morgan fingerprint density at radius 3 is 2.51 bits per heavy atom. The zero-order chi connectivity index (χ0) is 24.1. The maximum Gasteiger partial charge on any atom is 0.313 e. The van der Waals surface area contributed by atoms with E-state index in [0.717, 1.165) is 63.1 Å². The predicted octanol–water partition coefficient (Wildman–Crippen LogP) is 4.46. The van der Waals surface area contributed by atoms with Crippen molar-refractivity contribution in [1.29, 1.82) is 0 Å². The number of methoxy groups -OCH3 is 1. The highest BCUT2D eigenvalue weighted by molar-refractivity contribution is 5.88. The van der Waals surface area contributed by atoms with Crippen molar-refractivity contribution in [2.24, 2.45) is 17.3 Å². The van der Waals surface area contributed by atoms with E-state index in [1.807, 2.05) is 18.2 Å². The first-order valence-electron chi connectivity index (χ1n) is 13.2. The molecule has 0 unspecified atom stereocenters. The molecule has 0 bridgehead atoms. The normalized spacial score (nSPS) is 21.9. The smallest absolute Gasteiger partial charge is 0.313 e. The number of ether oxygens (including phenoxy) is 4. The number of carbonyl (C=O) groups excluding carboxylic acids is 1. The number of hydrogen-bond donors (Lipinski definition) is 0. The summed E-state index contributed by atoms with van der Waals surface area (Å²) in [6.45, 7) is 5.22. The Hall–Kier alpha value is -2.32. The lowest BCUT2D eigenvalue weighted by Crippen LogP contribution is -2.49. The molecule has 0 amide bonds. The number of likely N-dealkylation sites (tertiary alicyclic amines) is 1. The summed E-state index contributed by atoms with van der Waals surface area (Å²) in [4.78, 5) is 15.0. The Balaban J connectivity index is 1.15. The van der Waals surface area contributed by atoms with Crippen LogP contribution in [-0.4, -0.2) is 69.2 Å². The van der Waals surface area contributed by atoms with Crippen LogP contribution >= 0.6 is 0 Å². The number of hydrogen-bond acceptors (Lipinski definition) is 8. The van der Waals surface area contributed by atoms with Crippen LogP contribution in [0.2, 0.25) is 0 Å². The molecule has 5 rings (SSSR count). The fourth-order valence-electron chi connectivity index (χ4n) is 5.88. The van der Waals surface area contributed by atoms with E-state index >= 15 is 0 Å². The molecule has 2 aromatic rings. The fourth-order valence-corrected chi connectivity index (χ4v) is 5.88. The monoisotopic (exact) mass is 486 g/mol. The SMILES string of the molecule is COC(=O)C1(CN2CCC(COc3noc4cccc(OCC5CCCC5)c34)CC2)CCOCC1. The fraction of sp³-hybridized carbons (Fsp3) is 0.704. The van der Waals surface area contributed by atoms with E-state index < -0.39 is 5.41 Å². The Labute approximate surface area is 207 Å². The highest BCUT2D eigenvalue weighted by atomic mass is 16.5. The number of esters is 1. The average Bonchev–Trinajstić information content (AvgIpc) is 3.57. The van der Waals surface area contributed by atoms with Crippen molar-refractivity contribution in [1.82, 2.24) is 10.1 Å². The Morgan fingerprint density at radius 1 is 1.06 bits per heavy atom. The lowest BCUT2D eigenvalue weighted by molar-refractivity contribution is -0.160. The number of carbonyl (C=O) groups is 1. The van der Waals surface area contributed by atoms with E-state index in [0.29, 0.717) is 43.1 Å². The van der Waals surface area contributed by atoms with Gasteiger partial charge in [0.05, 0.1) is 25.7 Å². The van der Waals surface area contributed by atoms with Crippen molar-refractivity contribution < 1.29 is 28.3 Å². The van der Waals surface area contributed by atoms with Gasteiger partial charge in [-0.1, -0.05) is 18.9 Å². The second kappa shape index (κ2) is 11.2. The van der Waals surface area contributed by atoms with Gasteiger partial charge in [0.25, 0.3) is 5.88 Å². The van der Waals surface area contributed by atoms with Crippen LogP contribution in [0.5, 0.6) is 11.6 Å². The van der Waals surface area contributed by atoms with E-state index in [9.17, 15) is 4.79 Å². The first-order chi connectivity index (χ1) is 17.2. The summed E-state index contributed by atoms with van der Waals surface area (Å²) in [6, 6.07) is 5.83. The molecule has 3 aliphatic rings. The van der Waals surface area contributed by atoms with Gasteiger partial charge in [0, 0.05) is 19.8 Å². The van der Waals surface area contributed by atoms with Crippen LogP contribution < -0.4 is 9.47 Å². The molecule has 0 radical (unpaired) electrons. The van der Waals surface area contributed by atoms with Crippen molar-refractivity contribution in [3.63, 3.8) is 0 Å². The van der Waals surface area contributed by atoms with Crippen molar-refractivity contribution in [3.8, 4) is 11.6 Å². The molecule has 3 fully saturated rings. The number of aromatic nitrogens is 1. The quantitative estimate of drug-likeness (QED) is 0.481.